The summed E-state index contributed by atoms with van der Waals surface area (Å²) in [4.78, 5) is 34.1. The predicted molar refractivity (Wildman–Crippen MR) is 97.9 cm³/mol. The molecular formula is C20H20FNO6. The van der Waals surface area contributed by atoms with Crippen LogP contribution in [0.15, 0.2) is 42.5 Å². The van der Waals surface area contributed by atoms with Crippen LogP contribution in [0.3, 0.4) is 0 Å². The Balaban J connectivity index is 1.70. The number of rotatable bonds is 10. The van der Waals surface area contributed by atoms with E-state index in [0.717, 1.165) is 0 Å². The van der Waals surface area contributed by atoms with Crippen LogP contribution in [0.2, 0.25) is 0 Å². The summed E-state index contributed by atoms with van der Waals surface area (Å²) >= 11 is 0. The molecule has 1 N–H and O–H groups in total. The molecule has 0 spiro atoms. The molecule has 0 aliphatic carbocycles. The Bertz CT molecular complexity index is 839. The lowest BCUT2D eigenvalue weighted by Gasteiger charge is -2.11. The largest absolute Gasteiger partial charge is 0.493 e. The van der Waals surface area contributed by atoms with Crippen molar-refractivity contribution in [3.05, 3.63) is 59.4 Å². The van der Waals surface area contributed by atoms with Crippen molar-refractivity contribution in [2.75, 3.05) is 26.9 Å². The molecule has 2 aromatic rings. The molecule has 28 heavy (non-hydrogen) atoms. The molecule has 8 heteroatoms. The fraction of sp³-hybridized carbons (Fsp3) is 0.250. The van der Waals surface area contributed by atoms with Crippen molar-refractivity contribution in [1.29, 1.82) is 0 Å². The van der Waals surface area contributed by atoms with Gasteiger partial charge in [-0.2, -0.15) is 0 Å². The molecule has 1 amide bonds. The molecule has 0 aliphatic rings. The van der Waals surface area contributed by atoms with Crippen LogP contribution in [0.5, 0.6) is 11.5 Å². The zero-order chi connectivity index (χ0) is 20.4. The third-order valence-electron chi connectivity index (χ3n) is 3.71. The number of ether oxygens (including phenoxy) is 3. The maximum absolute atomic E-state index is 13.5. The highest BCUT2D eigenvalue weighted by Gasteiger charge is 2.11. The molecule has 0 saturated heterocycles. The molecule has 148 valence electrons. The van der Waals surface area contributed by atoms with Crippen LogP contribution in [-0.4, -0.2) is 45.0 Å². The van der Waals surface area contributed by atoms with Gasteiger partial charge in [0.05, 0.1) is 7.11 Å². The van der Waals surface area contributed by atoms with Crippen LogP contribution < -0.4 is 14.8 Å². The number of aldehydes is 1. The second-order valence-electron chi connectivity index (χ2n) is 5.67. The third-order valence-corrected chi connectivity index (χ3v) is 3.71. The van der Waals surface area contributed by atoms with E-state index in [0.29, 0.717) is 29.6 Å². The van der Waals surface area contributed by atoms with Gasteiger partial charge in [0.1, 0.15) is 12.1 Å². The molecule has 2 rings (SSSR count). The molecule has 0 bridgehead atoms. The van der Waals surface area contributed by atoms with Crippen molar-refractivity contribution >= 4 is 18.2 Å². The summed E-state index contributed by atoms with van der Waals surface area (Å²) in [7, 11) is 1.40. The second kappa shape index (κ2) is 10.7. The van der Waals surface area contributed by atoms with E-state index in [1.54, 1.807) is 18.2 Å². The van der Waals surface area contributed by atoms with Gasteiger partial charge in [0.2, 0.25) is 0 Å². The second-order valence-corrected chi connectivity index (χ2v) is 5.67. The Morgan fingerprint density at radius 3 is 2.61 bits per heavy atom. The molecule has 0 saturated carbocycles. The van der Waals surface area contributed by atoms with E-state index in [4.69, 9.17) is 14.2 Å². The minimum absolute atomic E-state index is 0.216. The maximum Gasteiger partial charge on any atom is 0.344 e. The van der Waals surface area contributed by atoms with Gasteiger partial charge in [0, 0.05) is 12.1 Å². The maximum atomic E-state index is 13.5. The topological polar surface area (TPSA) is 90.9 Å². The van der Waals surface area contributed by atoms with Gasteiger partial charge >= 0.3 is 5.97 Å². The van der Waals surface area contributed by atoms with Crippen LogP contribution in [0.4, 0.5) is 4.39 Å². The van der Waals surface area contributed by atoms with Crippen molar-refractivity contribution in [2.45, 2.75) is 6.42 Å². The molecule has 0 fully saturated rings. The molecule has 0 aromatic heterocycles. The van der Waals surface area contributed by atoms with E-state index in [1.807, 2.05) is 0 Å². The zero-order valence-corrected chi connectivity index (χ0v) is 15.3. The predicted octanol–water partition coefficient (Wildman–Crippen LogP) is 1.93. The Kier molecular flexibility index (Phi) is 7.95. The minimum Gasteiger partial charge on any atom is -0.493 e. The molecule has 7 nitrogen and oxygen atoms in total. The number of methoxy groups -OCH3 is 1. The average molecular weight is 389 g/mol. The highest BCUT2D eigenvalue weighted by molar-refractivity contribution is 5.81. The van der Waals surface area contributed by atoms with E-state index >= 15 is 0 Å². The molecule has 0 heterocycles. The fourth-order valence-corrected chi connectivity index (χ4v) is 2.29. The first-order chi connectivity index (χ1) is 13.5. The van der Waals surface area contributed by atoms with Crippen LogP contribution in [-0.2, 0) is 20.7 Å². The molecule has 2 aromatic carbocycles. The summed E-state index contributed by atoms with van der Waals surface area (Å²) < 4.78 is 28.7. The van der Waals surface area contributed by atoms with E-state index in [2.05, 4.69) is 5.32 Å². The van der Waals surface area contributed by atoms with Gasteiger partial charge in [-0.1, -0.05) is 18.2 Å². The summed E-state index contributed by atoms with van der Waals surface area (Å²) in [6, 6.07) is 10.8. The normalized spacial score (nSPS) is 10.1. The van der Waals surface area contributed by atoms with Gasteiger partial charge < -0.3 is 19.5 Å². The highest BCUT2D eigenvalue weighted by Crippen LogP contribution is 2.27. The third kappa shape index (κ3) is 6.39. The Hall–Kier alpha value is -3.42. The van der Waals surface area contributed by atoms with Gasteiger partial charge in [-0.15, -0.1) is 0 Å². The molecule has 0 radical (unpaired) electrons. The van der Waals surface area contributed by atoms with Crippen LogP contribution >= 0.6 is 0 Å². The number of hydrogen-bond donors (Lipinski definition) is 1. The van der Waals surface area contributed by atoms with E-state index in [1.165, 1.54) is 31.4 Å². The summed E-state index contributed by atoms with van der Waals surface area (Å²) in [6.45, 7) is -0.686. The minimum atomic E-state index is -0.745. The first-order valence-electron chi connectivity index (χ1n) is 8.45. The highest BCUT2D eigenvalue weighted by atomic mass is 19.1. The van der Waals surface area contributed by atoms with E-state index in [9.17, 15) is 18.8 Å². The standard InChI is InChI=1S/C20H20FNO6/c1-26-18-10-14(11-23)6-7-17(18)27-13-20(25)28-12-19(24)22-9-8-15-4-2-3-5-16(15)21/h2-7,10-11H,8-9,12-13H2,1H3,(H,22,24). The summed E-state index contributed by atoms with van der Waals surface area (Å²) in [6.07, 6.45) is 0.984. The summed E-state index contributed by atoms with van der Waals surface area (Å²) in [5.41, 5.74) is 0.890. The van der Waals surface area contributed by atoms with E-state index in [-0.39, 0.29) is 18.1 Å². The van der Waals surface area contributed by atoms with Crippen LogP contribution in [0.1, 0.15) is 15.9 Å². The van der Waals surface area contributed by atoms with Gasteiger partial charge in [-0.3, -0.25) is 9.59 Å². The van der Waals surface area contributed by atoms with Gasteiger partial charge in [-0.05, 0) is 36.2 Å². The Labute approximate surface area is 161 Å². The molecule has 0 atom stereocenters. The van der Waals surface area contributed by atoms with Crippen molar-refractivity contribution in [3.63, 3.8) is 0 Å². The van der Waals surface area contributed by atoms with Crippen LogP contribution in [0, 0.1) is 5.82 Å². The quantitative estimate of drug-likeness (QED) is 0.493. The number of hydrogen-bond acceptors (Lipinski definition) is 6. The lowest BCUT2D eigenvalue weighted by molar-refractivity contribution is -0.150. The number of nitrogens with one attached hydrogen (secondary N) is 1. The number of benzene rings is 2. The number of amides is 1. The molecule has 0 aliphatic heterocycles. The molecule has 0 unspecified atom stereocenters. The molecular weight excluding hydrogens is 369 g/mol. The first kappa shape index (κ1) is 20.9. The van der Waals surface area contributed by atoms with Crippen molar-refractivity contribution < 1.29 is 33.0 Å². The number of halogens is 1. The van der Waals surface area contributed by atoms with Crippen molar-refractivity contribution in [1.82, 2.24) is 5.32 Å². The van der Waals surface area contributed by atoms with Crippen LogP contribution in [0.25, 0.3) is 0 Å². The Morgan fingerprint density at radius 1 is 1.11 bits per heavy atom. The lowest BCUT2D eigenvalue weighted by atomic mass is 10.1. The smallest absolute Gasteiger partial charge is 0.344 e. The lowest BCUT2D eigenvalue weighted by Crippen LogP contribution is -2.31. The van der Waals surface area contributed by atoms with Crippen molar-refractivity contribution in [3.8, 4) is 11.5 Å². The first-order valence-corrected chi connectivity index (χ1v) is 8.45. The SMILES string of the molecule is COc1cc(C=O)ccc1OCC(=O)OCC(=O)NCCc1ccccc1F. The average Bonchev–Trinajstić information content (AvgIpc) is 2.72. The zero-order valence-electron chi connectivity index (χ0n) is 15.3. The fourth-order valence-electron chi connectivity index (χ4n) is 2.29. The monoisotopic (exact) mass is 389 g/mol. The van der Waals surface area contributed by atoms with E-state index < -0.39 is 25.1 Å². The number of esters is 1. The van der Waals surface area contributed by atoms with Gasteiger partial charge in [-0.25, -0.2) is 9.18 Å². The Morgan fingerprint density at radius 2 is 1.89 bits per heavy atom. The number of carbonyl (C=O) groups excluding carboxylic acids is 3. The number of carbonyl (C=O) groups is 3. The van der Waals surface area contributed by atoms with Crippen molar-refractivity contribution in [2.24, 2.45) is 0 Å². The van der Waals surface area contributed by atoms with Gasteiger partial charge in [0.25, 0.3) is 5.91 Å². The van der Waals surface area contributed by atoms with Gasteiger partial charge in [0.15, 0.2) is 24.7 Å². The summed E-state index contributed by atoms with van der Waals surface area (Å²) in [5.74, 6) is -1.03. The summed E-state index contributed by atoms with van der Waals surface area (Å²) in [5, 5.41) is 2.54.